The molecule has 5 nitrogen and oxygen atoms in total. The predicted molar refractivity (Wildman–Crippen MR) is 53.7 cm³/mol. The molecule has 0 radical (unpaired) electrons. The Balaban J connectivity index is 2.54. The van der Waals surface area contributed by atoms with Crippen LogP contribution in [-0.4, -0.2) is 14.8 Å². The fourth-order valence-corrected chi connectivity index (χ4v) is 1.23. The van der Waals surface area contributed by atoms with Gasteiger partial charge < -0.3 is 10.7 Å². The van der Waals surface area contributed by atoms with E-state index in [2.05, 4.69) is 10.1 Å². The Morgan fingerprint density at radius 3 is 2.86 bits per heavy atom. The lowest BCUT2D eigenvalue weighted by Gasteiger charge is -1.93. The van der Waals surface area contributed by atoms with E-state index >= 15 is 0 Å². The lowest BCUT2D eigenvalue weighted by molar-refractivity contribution is 0.782. The van der Waals surface area contributed by atoms with Crippen molar-refractivity contribution in [3.05, 3.63) is 34.7 Å². The number of nitrogens with one attached hydrogen (secondary N) is 1. The fraction of sp³-hybridized carbons (Fsp3) is 0.111. The molecule has 0 amide bonds. The second-order valence-corrected chi connectivity index (χ2v) is 3.02. The van der Waals surface area contributed by atoms with Crippen molar-refractivity contribution in [1.29, 1.82) is 0 Å². The topological polar surface area (TPSA) is 76.7 Å². The molecule has 14 heavy (non-hydrogen) atoms. The summed E-state index contributed by atoms with van der Waals surface area (Å²) in [4.78, 5) is 13.6. The van der Waals surface area contributed by atoms with Gasteiger partial charge in [0.1, 0.15) is 5.82 Å². The van der Waals surface area contributed by atoms with Crippen LogP contribution >= 0.6 is 0 Å². The minimum Gasteiger partial charge on any atom is -0.384 e. The maximum absolute atomic E-state index is 11.0. The summed E-state index contributed by atoms with van der Waals surface area (Å²) in [5.74, 6) is 0.570. The van der Waals surface area contributed by atoms with E-state index in [1.807, 2.05) is 0 Å². The number of pyridine rings is 1. The highest BCUT2D eigenvalue weighted by Gasteiger charge is 2.04. The van der Waals surface area contributed by atoms with Crippen molar-refractivity contribution in [2.24, 2.45) is 7.05 Å². The second kappa shape index (κ2) is 3.02. The van der Waals surface area contributed by atoms with Crippen LogP contribution in [0.15, 0.2) is 29.2 Å². The maximum Gasteiger partial charge on any atom is 0.248 e. The van der Waals surface area contributed by atoms with Gasteiger partial charge in [-0.15, -0.1) is 0 Å². The zero-order valence-corrected chi connectivity index (χ0v) is 7.69. The molecule has 0 aromatic carbocycles. The Kier molecular flexibility index (Phi) is 1.85. The molecule has 2 heterocycles. The van der Waals surface area contributed by atoms with Crippen LogP contribution in [0.3, 0.4) is 0 Å². The molecule has 0 aliphatic carbocycles. The molecule has 0 saturated heterocycles. The van der Waals surface area contributed by atoms with E-state index in [0.717, 1.165) is 5.56 Å². The fourth-order valence-electron chi connectivity index (χ4n) is 1.23. The Hall–Kier alpha value is -2.04. The van der Waals surface area contributed by atoms with Crippen LogP contribution < -0.4 is 11.3 Å². The van der Waals surface area contributed by atoms with E-state index < -0.39 is 0 Å². The molecule has 0 atom stereocenters. The highest BCUT2D eigenvalue weighted by Crippen LogP contribution is 2.17. The Labute approximate surface area is 80.2 Å². The van der Waals surface area contributed by atoms with E-state index in [1.165, 1.54) is 6.07 Å². The van der Waals surface area contributed by atoms with Gasteiger partial charge in [-0.3, -0.25) is 9.48 Å². The first-order valence-corrected chi connectivity index (χ1v) is 4.15. The van der Waals surface area contributed by atoms with Crippen LogP contribution in [0.25, 0.3) is 11.3 Å². The highest BCUT2D eigenvalue weighted by molar-refractivity contribution is 5.61. The molecular formula is C9H10N4O. The van der Waals surface area contributed by atoms with E-state index in [4.69, 9.17) is 5.73 Å². The number of H-pyrrole nitrogens is 1. The van der Waals surface area contributed by atoms with Crippen molar-refractivity contribution in [3.8, 4) is 11.3 Å². The minimum absolute atomic E-state index is 0.147. The van der Waals surface area contributed by atoms with Gasteiger partial charge in [-0.2, -0.15) is 5.10 Å². The zero-order chi connectivity index (χ0) is 10.1. The van der Waals surface area contributed by atoms with E-state index in [-0.39, 0.29) is 5.56 Å². The van der Waals surface area contributed by atoms with Gasteiger partial charge in [0.2, 0.25) is 5.56 Å². The first kappa shape index (κ1) is 8.55. The normalized spacial score (nSPS) is 10.4. The number of nitrogens with zero attached hydrogens (tertiary/aromatic N) is 2. The molecule has 2 aromatic heterocycles. The predicted octanol–water partition coefficient (Wildman–Crippen LogP) is 0.358. The third kappa shape index (κ3) is 1.39. The summed E-state index contributed by atoms with van der Waals surface area (Å²) >= 11 is 0. The van der Waals surface area contributed by atoms with Crippen molar-refractivity contribution < 1.29 is 0 Å². The van der Waals surface area contributed by atoms with Crippen LogP contribution in [0.1, 0.15) is 0 Å². The average Bonchev–Trinajstić information content (AvgIpc) is 2.47. The largest absolute Gasteiger partial charge is 0.384 e. The molecule has 3 N–H and O–H groups in total. The maximum atomic E-state index is 11.0. The second-order valence-electron chi connectivity index (χ2n) is 3.02. The van der Waals surface area contributed by atoms with Crippen LogP contribution in [0, 0.1) is 0 Å². The van der Waals surface area contributed by atoms with Gasteiger partial charge in [-0.25, -0.2) is 0 Å². The Morgan fingerprint density at radius 2 is 2.29 bits per heavy atom. The van der Waals surface area contributed by atoms with E-state index in [1.54, 1.807) is 30.1 Å². The number of aromatic amines is 1. The monoisotopic (exact) mass is 190 g/mol. The molecule has 0 bridgehead atoms. The van der Waals surface area contributed by atoms with E-state index in [0.29, 0.717) is 11.5 Å². The van der Waals surface area contributed by atoms with Gasteiger partial charge in [-0.1, -0.05) is 0 Å². The summed E-state index contributed by atoms with van der Waals surface area (Å²) in [7, 11) is 1.76. The van der Waals surface area contributed by atoms with Crippen molar-refractivity contribution in [2.75, 3.05) is 5.73 Å². The zero-order valence-electron chi connectivity index (χ0n) is 7.69. The minimum atomic E-state index is -0.147. The molecule has 72 valence electrons. The summed E-state index contributed by atoms with van der Waals surface area (Å²) in [6.07, 6.45) is 1.59. The summed E-state index contributed by atoms with van der Waals surface area (Å²) in [6.45, 7) is 0. The molecule has 5 heteroatoms. The highest BCUT2D eigenvalue weighted by atomic mass is 16.1. The van der Waals surface area contributed by atoms with Crippen LogP contribution in [0.5, 0.6) is 0 Å². The smallest absolute Gasteiger partial charge is 0.248 e. The number of hydrogen-bond acceptors (Lipinski definition) is 3. The number of nitrogens with two attached hydrogens (primary N) is 1. The third-order valence-electron chi connectivity index (χ3n) is 1.99. The number of anilines is 1. The molecule has 0 unspecified atom stereocenters. The standard InChI is InChI=1S/C9H10N4O/c1-13-8(10)5-7(12-13)6-2-3-11-9(14)4-6/h2-5H,10H2,1H3,(H,11,14). The lowest BCUT2D eigenvalue weighted by Crippen LogP contribution is -2.02. The summed E-state index contributed by atoms with van der Waals surface area (Å²) in [6, 6.07) is 5.00. The molecule has 2 rings (SSSR count). The average molecular weight is 190 g/mol. The van der Waals surface area contributed by atoms with Gasteiger partial charge >= 0.3 is 0 Å². The first-order chi connectivity index (χ1) is 6.66. The molecular weight excluding hydrogens is 180 g/mol. The summed E-state index contributed by atoms with van der Waals surface area (Å²) in [5.41, 5.74) is 6.95. The van der Waals surface area contributed by atoms with Crippen LogP contribution in [-0.2, 0) is 7.05 Å². The molecule has 0 aliphatic heterocycles. The van der Waals surface area contributed by atoms with Crippen molar-refractivity contribution in [3.63, 3.8) is 0 Å². The number of nitrogen functional groups attached to an aromatic ring is 1. The molecule has 0 spiro atoms. The van der Waals surface area contributed by atoms with Crippen molar-refractivity contribution >= 4 is 5.82 Å². The van der Waals surface area contributed by atoms with Crippen LogP contribution in [0.2, 0.25) is 0 Å². The van der Waals surface area contributed by atoms with Gasteiger partial charge in [-0.05, 0) is 6.07 Å². The Bertz CT molecular complexity index is 492. The molecule has 0 aliphatic rings. The number of aromatic nitrogens is 3. The first-order valence-electron chi connectivity index (χ1n) is 4.15. The van der Waals surface area contributed by atoms with Crippen molar-refractivity contribution in [2.45, 2.75) is 0 Å². The quantitative estimate of drug-likeness (QED) is 0.681. The molecule has 0 fully saturated rings. The van der Waals surface area contributed by atoms with Gasteiger partial charge in [0, 0.05) is 30.9 Å². The van der Waals surface area contributed by atoms with Crippen molar-refractivity contribution in [1.82, 2.24) is 14.8 Å². The third-order valence-corrected chi connectivity index (χ3v) is 1.99. The summed E-state index contributed by atoms with van der Waals surface area (Å²) < 4.78 is 1.57. The summed E-state index contributed by atoms with van der Waals surface area (Å²) in [5, 5.41) is 4.16. The molecule has 2 aromatic rings. The number of aryl methyl sites for hydroxylation is 1. The lowest BCUT2D eigenvalue weighted by atomic mass is 10.2. The SMILES string of the molecule is Cn1nc(-c2cc[nH]c(=O)c2)cc1N. The van der Waals surface area contributed by atoms with Gasteiger partial charge in [0.15, 0.2) is 0 Å². The van der Waals surface area contributed by atoms with E-state index in [9.17, 15) is 4.79 Å². The van der Waals surface area contributed by atoms with Crippen LogP contribution in [0.4, 0.5) is 5.82 Å². The van der Waals surface area contributed by atoms with Gasteiger partial charge in [0.05, 0.1) is 5.69 Å². The van der Waals surface area contributed by atoms with Gasteiger partial charge in [0.25, 0.3) is 0 Å². The Morgan fingerprint density at radius 1 is 1.50 bits per heavy atom. The number of hydrogen-bond donors (Lipinski definition) is 2. The molecule has 0 saturated carbocycles. The number of rotatable bonds is 1.